The molecule has 0 aliphatic carbocycles. The number of hydrogen-bond donors (Lipinski definition) is 2. The topological polar surface area (TPSA) is 41.1 Å². The fourth-order valence-electron chi connectivity index (χ4n) is 1.15. The molecule has 0 aliphatic heterocycles. The van der Waals surface area contributed by atoms with Crippen LogP contribution in [0, 0.1) is 22.9 Å². The van der Waals surface area contributed by atoms with E-state index in [4.69, 9.17) is 0 Å². The van der Waals surface area contributed by atoms with Gasteiger partial charge < -0.3 is 10.6 Å². The lowest BCUT2D eigenvalue weighted by Gasteiger charge is -2.11. The lowest BCUT2D eigenvalue weighted by atomic mass is 9.97. The second kappa shape index (κ2) is 5.77. The van der Waals surface area contributed by atoms with Crippen molar-refractivity contribution in [2.45, 2.75) is 20.8 Å². The van der Waals surface area contributed by atoms with Crippen molar-refractivity contribution in [1.82, 2.24) is 5.32 Å². The van der Waals surface area contributed by atoms with Crippen molar-refractivity contribution in [3.63, 3.8) is 0 Å². The Morgan fingerprint density at radius 1 is 1.16 bits per heavy atom. The number of carbonyl (C=O) groups is 1. The van der Waals surface area contributed by atoms with Crippen molar-refractivity contribution < 1.29 is 18.0 Å². The van der Waals surface area contributed by atoms with Crippen molar-refractivity contribution in [1.29, 1.82) is 0 Å². The number of nitrogens with one attached hydrogen (secondary N) is 2. The number of rotatable bonds is 2. The van der Waals surface area contributed by atoms with E-state index in [0.29, 0.717) is 0 Å². The van der Waals surface area contributed by atoms with Crippen LogP contribution < -0.4 is 10.6 Å². The molecule has 104 valence electrons. The van der Waals surface area contributed by atoms with Gasteiger partial charge in [-0.3, -0.25) is 0 Å². The minimum atomic E-state index is -1.62. The van der Waals surface area contributed by atoms with Gasteiger partial charge in [0.1, 0.15) is 0 Å². The summed E-state index contributed by atoms with van der Waals surface area (Å²) in [6.07, 6.45) is 3.13. The van der Waals surface area contributed by atoms with Crippen LogP contribution in [-0.4, -0.2) is 6.03 Å². The second-order valence-corrected chi connectivity index (χ2v) is 5.02. The van der Waals surface area contributed by atoms with Crippen LogP contribution in [0.2, 0.25) is 0 Å². The van der Waals surface area contributed by atoms with Crippen molar-refractivity contribution in [3.05, 3.63) is 41.9 Å². The molecule has 19 heavy (non-hydrogen) atoms. The lowest BCUT2D eigenvalue weighted by Crippen LogP contribution is -2.25. The van der Waals surface area contributed by atoms with Gasteiger partial charge in [0.05, 0.1) is 5.69 Å². The molecule has 1 rings (SSSR count). The van der Waals surface area contributed by atoms with Gasteiger partial charge in [0.2, 0.25) is 0 Å². The first-order valence-electron chi connectivity index (χ1n) is 5.59. The average Bonchev–Trinajstić information content (AvgIpc) is 2.28. The smallest absolute Gasteiger partial charge is 0.315 e. The van der Waals surface area contributed by atoms with Crippen LogP contribution in [0.3, 0.4) is 0 Å². The van der Waals surface area contributed by atoms with Crippen LogP contribution >= 0.6 is 0 Å². The fourth-order valence-corrected chi connectivity index (χ4v) is 1.15. The molecule has 0 atom stereocenters. The Balaban J connectivity index is 2.68. The lowest BCUT2D eigenvalue weighted by molar-refractivity contribution is 0.255. The monoisotopic (exact) mass is 272 g/mol. The Kier molecular flexibility index (Phi) is 4.58. The summed E-state index contributed by atoms with van der Waals surface area (Å²) in [5.74, 6) is -4.37. The summed E-state index contributed by atoms with van der Waals surface area (Å²) in [6, 6.07) is 0.935. The van der Waals surface area contributed by atoms with Crippen molar-refractivity contribution in [2.75, 3.05) is 5.32 Å². The van der Waals surface area contributed by atoms with Crippen LogP contribution in [0.1, 0.15) is 20.8 Å². The largest absolute Gasteiger partial charge is 0.323 e. The number of allylic oxidation sites excluding steroid dienone is 1. The number of hydrogen-bond acceptors (Lipinski definition) is 1. The van der Waals surface area contributed by atoms with Crippen molar-refractivity contribution in [2.24, 2.45) is 5.41 Å². The van der Waals surface area contributed by atoms with Gasteiger partial charge in [0.25, 0.3) is 0 Å². The number of benzene rings is 1. The van der Waals surface area contributed by atoms with E-state index in [-0.39, 0.29) is 5.41 Å². The Morgan fingerprint density at radius 2 is 1.79 bits per heavy atom. The number of halogens is 3. The summed E-state index contributed by atoms with van der Waals surface area (Å²) in [7, 11) is 0. The molecule has 0 radical (unpaired) electrons. The minimum Gasteiger partial charge on any atom is -0.315 e. The second-order valence-electron chi connectivity index (χ2n) is 5.02. The van der Waals surface area contributed by atoms with Gasteiger partial charge >= 0.3 is 6.03 Å². The molecule has 0 spiro atoms. The third kappa shape index (κ3) is 4.65. The first-order chi connectivity index (χ1) is 8.70. The van der Waals surface area contributed by atoms with E-state index in [1.807, 2.05) is 20.8 Å². The van der Waals surface area contributed by atoms with Crippen molar-refractivity contribution in [3.8, 4) is 0 Å². The molecule has 3 nitrogen and oxygen atoms in total. The zero-order valence-corrected chi connectivity index (χ0v) is 10.9. The molecule has 0 bridgehead atoms. The number of anilines is 1. The summed E-state index contributed by atoms with van der Waals surface area (Å²) in [6.45, 7) is 5.79. The van der Waals surface area contributed by atoms with Gasteiger partial charge in [-0.1, -0.05) is 26.8 Å². The van der Waals surface area contributed by atoms with Gasteiger partial charge in [-0.25, -0.2) is 18.0 Å². The van der Waals surface area contributed by atoms with Crippen molar-refractivity contribution >= 4 is 11.7 Å². The summed E-state index contributed by atoms with van der Waals surface area (Å²) >= 11 is 0. The Morgan fingerprint density at radius 3 is 2.37 bits per heavy atom. The molecule has 6 heteroatoms. The molecule has 0 saturated heterocycles. The zero-order chi connectivity index (χ0) is 14.6. The van der Waals surface area contributed by atoms with E-state index >= 15 is 0 Å². The maximum atomic E-state index is 13.3. The van der Waals surface area contributed by atoms with E-state index in [0.717, 1.165) is 12.1 Å². The molecule has 2 amide bonds. The molecule has 0 unspecified atom stereocenters. The Hall–Kier alpha value is -1.98. The van der Waals surface area contributed by atoms with Gasteiger partial charge in [0, 0.05) is 6.20 Å². The predicted molar refractivity (Wildman–Crippen MR) is 67.1 cm³/mol. The maximum Gasteiger partial charge on any atom is 0.323 e. The molecule has 1 aromatic rings. The highest BCUT2D eigenvalue weighted by atomic mass is 19.2. The summed E-state index contributed by atoms with van der Waals surface area (Å²) in [5, 5.41) is 4.42. The predicted octanol–water partition coefficient (Wildman–Crippen LogP) is 3.79. The summed E-state index contributed by atoms with van der Waals surface area (Å²) in [5.41, 5.74) is -0.555. The van der Waals surface area contributed by atoms with E-state index in [9.17, 15) is 18.0 Å². The summed E-state index contributed by atoms with van der Waals surface area (Å²) < 4.78 is 38.8. The number of urea groups is 1. The molecule has 2 N–H and O–H groups in total. The van der Waals surface area contributed by atoms with Gasteiger partial charge in [-0.15, -0.1) is 0 Å². The standard InChI is InChI=1S/C13H15F3N2O/c1-13(2,3)6-7-17-12(19)18-9-5-4-8(14)10(15)11(9)16/h4-7H,1-3H3,(H2,17,18,19)/b7-6+. The van der Waals surface area contributed by atoms with Crippen LogP contribution in [0.15, 0.2) is 24.4 Å². The van der Waals surface area contributed by atoms with Gasteiger partial charge in [0.15, 0.2) is 17.5 Å². The summed E-state index contributed by atoms with van der Waals surface area (Å²) in [4.78, 5) is 11.4. The number of carbonyl (C=O) groups excluding carboxylic acids is 1. The quantitative estimate of drug-likeness (QED) is 0.790. The van der Waals surface area contributed by atoms with E-state index in [2.05, 4.69) is 10.6 Å². The number of amides is 2. The van der Waals surface area contributed by atoms with Crippen LogP contribution in [0.5, 0.6) is 0 Å². The third-order valence-electron chi connectivity index (χ3n) is 2.08. The molecule has 0 heterocycles. The molecule has 1 aromatic carbocycles. The highest BCUT2D eigenvalue weighted by Crippen LogP contribution is 2.19. The van der Waals surface area contributed by atoms with E-state index in [1.54, 1.807) is 6.08 Å². The Labute approximate surface area is 109 Å². The van der Waals surface area contributed by atoms with Gasteiger partial charge in [-0.05, 0) is 17.5 Å². The molecule has 0 fully saturated rings. The molecule has 0 saturated carbocycles. The first-order valence-corrected chi connectivity index (χ1v) is 5.59. The Bertz CT molecular complexity index is 507. The van der Waals surface area contributed by atoms with Crippen LogP contribution in [0.25, 0.3) is 0 Å². The van der Waals surface area contributed by atoms with Gasteiger partial charge in [-0.2, -0.15) is 0 Å². The zero-order valence-electron chi connectivity index (χ0n) is 10.9. The molecule has 0 aromatic heterocycles. The average molecular weight is 272 g/mol. The van der Waals surface area contributed by atoms with E-state index in [1.165, 1.54) is 6.20 Å². The molecular formula is C13H15F3N2O. The highest BCUT2D eigenvalue weighted by molar-refractivity contribution is 5.89. The van der Waals surface area contributed by atoms with Crippen LogP contribution in [0.4, 0.5) is 23.7 Å². The fraction of sp³-hybridized carbons (Fsp3) is 0.308. The molecule has 0 aliphatic rings. The first kappa shape index (κ1) is 15.1. The minimum absolute atomic E-state index is 0.124. The highest BCUT2D eigenvalue weighted by Gasteiger charge is 2.14. The normalized spacial score (nSPS) is 11.7. The SMILES string of the molecule is CC(C)(C)/C=C/NC(=O)Nc1ccc(F)c(F)c1F. The molecular weight excluding hydrogens is 257 g/mol. The maximum absolute atomic E-state index is 13.3. The van der Waals surface area contributed by atoms with E-state index < -0.39 is 29.2 Å². The van der Waals surface area contributed by atoms with Crippen LogP contribution in [-0.2, 0) is 0 Å². The third-order valence-corrected chi connectivity index (χ3v) is 2.08.